The number of hydrogen-bond donors (Lipinski definition) is 2. The number of hydrogen-bond acceptors (Lipinski definition) is 2. The van der Waals surface area contributed by atoms with Gasteiger partial charge in [0.25, 0.3) is 0 Å². The standard InChI is InChI=1S/C9H19NO/c1-4-10-7-9(11)5-8(2,3)6-9/h10-11H,4-7H2,1-3H3. The van der Waals surface area contributed by atoms with Crippen LogP contribution < -0.4 is 5.32 Å². The highest BCUT2D eigenvalue weighted by Gasteiger charge is 2.47. The summed E-state index contributed by atoms with van der Waals surface area (Å²) in [6.07, 6.45) is 1.88. The summed E-state index contributed by atoms with van der Waals surface area (Å²) in [5, 5.41) is 13.0. The molecule has 0 saturated heterocycles. The Bertz CT molecular complexity index is 134. The largest absolute Gasteiger partial charge is 0.389 e. The van der Waals surface area contributed by atoms with Gasteiger partial charge in [-0.3, -0.25) is 0 Å². The van der Waals surface area contributed by atoms with Gasteiger partial charge < -0.3 is 10.4 Å². The van der Waals surface area contributed by atoms with Crippen molar-refractivity contribution in [1.29, 1.82) is 0 Å². The van der Waals surface area contributed by atoms with Crippen LogP contribution >= 0.6 is 0 Å². The molecule has 0 atom stereocenters. The lowest BCUT2D eigenvalue weighted by atomic mass is 9.61. The van der Waals surface area contributed by atoms with E-state index in [4.69, 9.17) is 0 Å². The Hall–Kier alpha value is -0.0800. The first-order valence-corrected chi connectivity index (χ1v) is 4.41. The lowest BCUT2D eigenvalue weighted by Crippen LogP contribution is -2.54. The molecule has 0 aromatic rings. The first-order chi connectivity index (χ1) is 4.97. The van der Waals surface area contributed by atoms with Crippen molar-refractivity contribution in [3.63, 3.8) is 0 Å². The van der Waals surface area contributed by atoms with E-state index >= 15 is 0 Å². The van der Waals surface area contributed by atoms with Crippen molar-refractivity contribution in [2.75, 3.05) is 13.1 Å². The maximum Gasteiger partial charge on any atom is 0.0781 e. The summed E-state index contributed by atoms with van der Waals surface area (Å²) < 4.78 is 0. The molecule has 0 aromatic heterocycles. The zero-order chi connectivity index (χ0) is 8.54. The van der Waals surface area contributed by atoms with E-state index in [2.05, 4.69) is 26.1 Å². The lowest BCUT2D eigenvalue weighted by molar-refractivity contribution is -0.109. The van der Waals surface area contributed by atoms with Crippen LogP contribution in [0.2, 0.25) is 0 Å². The molecule has 66 valence electrons. The average molecular weight is 157 g/mol. The molecule has 0 amide bonds. The van der Waals surface area contributed by atoms with Crippen molar-refractivity contribution in [3.8, 4) is 0 Å². The van der Waals surface area contributed by atoms with E-state index in [0.29, 0.717) is 5.41 Å². The van der Waals surface area contributed by atoms with E-state index in [1.807, 2.05) is 0 Å². The first-order valence-electron chi connectivity index (χ1n) is 4.41. The summed E-state index contributed by atoms with van der Waals surface area (Å²) in [5.41, 5.74) is -0.0380. The molecular formula is C9H19NO. The smallest absolute Gasteiger partial charge is 0.0781 e. The Morgan fingerprint density at radius 1 is 1.36 bits per heavy atom. The van der Waals surface area contributed by atoms with Crippen LogP contribution in [0.3, 0.4) is 0 Å². The van der Waals surface area contributed by atoms with Gasteiger partial charge in [-0.25, -0.2) is 0 Å². The van der Waals surface area contributed by atoms with E-state index in [1.54, 1.807) is 0 Å². The molecule has 11 heavy (non-hydrogen) atoms. The highest BCUT2D eigenvalue weighted by molar-refractivity contribution is 5.00. The number of rotatable bonds is 3. The monoisotopic (exact) mass is 157 g/mol. The molecule has 0 radical (unpaired) electrons. The minimum Gasteiger partial charge on any atom is -0.389 e. The van der Waals surface area contributed by atoms with Crippen LogP contribution in [0, 0.1) is 5.41 Å². The molecule has 0 unspecified atom stereocenters. The number of aliphatic hydroxyl groups is 1. The van der Waals surface area contributed by atoms with Crippen molar-refractivity contribution >= 4 is 0 Å². The van der Waals surface area contributed by atoms with E-state index in [-0.39, 0.29) is 0 Å². The zero-order valence-corrected chi connectivity index (χ0v) is 7.78. The molecule has 2 heteroatoms. The average Bonchev–Trinajstić information content (AvgIpc) is 1.79. The highest BCUT2D eigenvalue weighted by atomic mass is 16.3. The minimum absolute atomic E-state index is 0.365. The van der Waals surface area contributed by atoms with Crippen molar-refractivity contribution in [2.24, 2.45) is 5.41 Å². The topological polar surface area (TPSA) is 32.3 Å². The fourth-order valence-electron chi connectivity index (χ4n) is 2.21. The molecule has 1 aliphatic rings. The Morgan fingerprint density at radius 2 is 1.91 bits per heavy atom. The maximum atomic E-state index is 9.81. The van der Waals surface area contributed by atoms with E-state index in [0.717, 1.165) is 25.9 Å². The zero-order valence-electron chi connectivity index (χ0n) is 7.78. The van der Waals surface area contributed by atoms with Crippen LogP contribution in [0.25, 0.3) is 0 Å². The second kappa shape index (κ2) is 2.76. The van der Waals surface area contributed by atoms with Crippen LogP contribution in [0.15, 0.2) is 0 Å². The van der Waals surface area contributed by atoms with Gasteiger partial charge in [0.2, 0.25) is 0 Å². The summed E-state index contributed by atoms with van der Waals surface area (Å²) in [6.45, 7) is 8.17. The van der Waals surface area contributed by atoms with Gasteiger partial charge in [-0.2, -0.15) is 0 Å². The van der Waals surface area contributed by atoms with E-state index in [1.165, 1.54) is 0 Å². The quantitative estimate of drug-likeness (QED) is 0.644. The SMILES string of the molecule is CCNCC1(O)CC(C)(C)C1. The molecule has 0 heterocycles. The van der Waals surface area contributed by atoms with Crippen LogP contribution in [0.5, 0.6) is 0 Å². The molecule has 2 N–H and O–H groups in total. The normalized spacial score (nSPS) is 26.2. The van der Waals surface area contributed by atoms with Crippen LogP contribution in [0.4, 0.5) is 0 Å². The van der Waals surface area contributed by atoms with Gasteiger partial charge in [0.15, 0.2) is 0 Å². The van der Waals surface area contributed by atoms with Crippen molar-refractivity contribution in [3.05, 3.63) is 0 Å². The predicted molar refractivity (Wildman–Crippen MR) is 46.5 cm³/mol. The van der Waals surface area contributed by atoms with Gasteiger partial charge in [-0.1, -0.05) is 20.8 Å². The van der Waals surface area contributed by atoms with Gasteiger partial charge in [-0.05, 0) is 24.8 Å². The number of likely N-dealkylation sites (N-methyl/N-ethyl adjacent to an activating group) is 1. The maximum absolute atomic E-state index is 9.81. The van der Waals surface area contributed by atoms with Crippen molar-refractivity contribution in [2.45, 2.75) is 39.2 Å². The van der Waals surface area contributed by atoms with Gasteiger partial charge in [0.05, 0.1) is 5.60 Å². The van der Waals surface area contributed by atoms with Gasteiger partial charge in [0.1, 0.15) is 0 Å². The summed E-state index contributed by atoms with van der Waals surface area (Å²) in [4.78, 5) is 0. The molecule has 0 bridgehead atoms. The molecule has 0 aromatic carbocycles. The Kier molecular flexibility index (Phi) is 2.26. The fraction of sp³-hybridized carbons (Fsp3) is 1.00. The molecule has 1 rings (SSSR count). The van der Waals surface area contributed by atoms with Crippen molar-refractivity contribution in [1.82, 2.24) is 5.32 Å². The second-order valence-electron chi connectivity index (χ2n) is 4.52. The Labute approximate surface area is 69.0 Å². The van der Waals surface area contributed by atoms with Gasteiger partial charge >= 0.3 is 0 Å². The third kappa shape index (κ3) is 2.17. The molecule has 0 aliphatic heterocycles. The van der Waals surface area contributed by atoms with Gasteiger partial charge in [0, 0.05) is 6.54 Å². The molecular weight excluding hydrogens is 138 g/mol. The Morgan fingerprint density at radius 3 is 2.27 bits per heavy atom. The first kappa shape index (κ1) is 9.01. The predicted octanol–water partition coefficient (Wildman–Crippen LogP) is 1.15. The fourth-order valence-corrected chi connectivity index (χ4v) is 2.21. The minimum atomic E-state index is -0.403. The van der Waals surface area contributed by atoms with Crippen LogP contribution in [-0.4, -0.2) is 23.8 Å². The van der Waals surface area contributed by atoms with Crippen LogP contribution in [-0.2, 0) is 0 Å². The molecule has 0 spiro atoms. The third-order valence-electron chi connectivity index (χ3n) is 2.32. The molecule has 2 nitrogen and oxygen atoms in total. The van der Waals surface area contributed by atoms with Crippen molar-refractivity contribution < 1.29 is 5.11 Å². The summed E-state index contributed by atoms with van der Waals surface area (Å²) in [6, 6.07) is 0. The summed E-state index contributed by atoms with van der Waals surface area (Å²) >= 11 is 0. The Balaban J connectivity index is 2.25. The van der Waals surface area contributed by atoms with Crippen LogP contribution in [0.1, 0.15) is 33.6 Å². The molecule has 1 saturated carbocycles. The van der Waals surface area contributed by atoms with E-state index in [9.17, 15) is 5.11 Å². The summed E-state index contributed by atoms with van der Waals surface area (Å²) in [7, 11) is 0. The lowest BCUT2D eigenvalue weighted by Gasteiger charge is -2.49. The summed E-state index contributed by atoms with van der Waals surface area (Å²) in [5.74, 6) is 0. The molecule has 1 aliphatic carbocycles. The molecule has 1 fully saturated rings. The van der Waals surface area contributed by atoms with E-state index < -0.39 is 5.60 Å². The third-order valence-corrected chi connectivity index (χ3v) is 2.32. The number of nitrogens with one attached hydrogen (secondary N) is 1. The second-order valence-corrected chi connectivity index (χ2v) is 4.52. The highest BCUT2D eigenvalue weighted by Crippen LogP contribution is 2.47. The van der Waals surface area contributed by atoms with Gasteiger partial charge in [-0.15, -0.1) is 0 Å².